The van der Waals surface area contributed by atoms with Gasteiger partial charge in [-0.05, 0) is 19.3 Å². The first-order chi connectivity index (χ1) is 5.84. The monoisotopic (exact) mass is 170 g/mol. The number of Topliss-reactive ketones (excluding diaryl/α,β-unsaturated/α-hetero) is 1. The molecule has 0 aliphatic carbocycles. The fourth-order valence-corrected chi connectivity index (χ4v) is 1.57. The van der Waals surface area contributed by atoms with Crippen molar-refractivity contribution in [1.82, 2.24) is 0 Å². The first-order valence-corrected chi connectivity index (χ1v) is 4.95. The van der Waals surface area contributed by atoms with E-state index in [9.17, 15) is 4.79 Å². The standard InChI is InChI=1S/C10H18O2/c1-2-3-4-10(11)9-5-7-12-8-6-9/h9H,2-8H2,1H3. The molecule has 0 amide bonds. The van der Waals surface area contributed by atoms with Gasteiger partial charge in [-0.15, -0.1) is 0 Å². The Bertz CT molecular complexity index is 137. The summed E-state index contributed by atoms with van der Waals surface area (Å²) in [6.45, 7) is 3.68. The number of ether oxygens (including phenoxy) is 1. The Balaban J connectivity index is 2.20. The molecule has 12 heavy (non-hydrogen) atoms. The zero-order chi connectivity index (χ0) is 8.81. The molecule has 1 saturated heterocycles. The smallest absolute Gasteiger partial charge is 0.136 e. The van der Waals surface area contributed by atoms with E-state index in [2.05, 4.69) is 6.92 Å². The van der Waals surface area contributed by atoms with Crippen molar-refractivity contribution in [3.8, 4) is 0 Å². The van der Waals surface area contributed by atoms with E-state index < -0.39 is 0 Å². The topological polar surface area (TPSA) is 26.3 Å². The minimum Gasteiger partial charge on any atom is -0.381 e. The maximum absolute atomic E-state index is 11.5. The molecule has 1 aliphatic heterocycles. The third-order valence-corrected chi connectivity index (χ3v) is 2.45. The number of carbonyl (C=O) groups is 1. The van der Waals surface area contributed by atoms with Gasteiger partial charge in [0.2, 0.25) is 0 Å². The van der Waals surface area contributed by atoms with Gasteiger partial charge in [0.25, 0.3) is 0 Å². The molecule has 0 aromatic heterocycles. The first kappa shape index (κ1) is 9.72. The number of unbranched alkanes of at least 4 members (excludes halogenated alkanes) is 1. The van der Waals surface area contributed by atoms with Gasteiger partial charge in [-0.1, -0.05) is 13.3 Å². The summed E-state index contributed by atoms with van der Waals surface area (Å²) in [5, 5.41) is 0. The summed E-state index contributed by atoms with van der Waals surface area (Å²) in [6, 6.07) is 0. The maximum Gasteiger partial charge on any atom is 0.136 e. The highest BCUT2D eigenvalue weighted by molar-refractivity contribution is 5.80. The second kappa shape index (κ2) is 5.31. The van der Waals surface area contributed by atoms with E-state index >= 15 is 0 Å². The van der Waals surface area contributed by atoms with Gasteiger partial charge in [0.15, 0.2) is 0 Å². The molecule has 2 nitrogen and oxygen atoms in total. The van der Waals surface area contributed by atoms with Gasteiger partial charge in [-0.25, -0.2) is 0 Å². The van der Waals surface area contributed by atoms with E-state index in [0.717, 1.165) is 45.3 Å². The van der Waals surface area contributed by atoms with Crippen LogP contribution in [0.1, 0.15) is 39.0 Å². The van der Waals surface area contributed by atoms with Crippen molar-refractivity contribution in [2.24, 2.45) is 5.92 Å². The van der Waals surface area contributed by atoms with Crippen molar-refractivity contribution >= 4 is 5.78 Å². The van der Waals surface area contributed by atoms with Crippen LogP contribution in [0, 0.1) is 5.92 Å². The minimum atomic E-state index is 0.310. The van der Waals surface area contributed by atoms with Crippen LogP contribution in [-0.4, -0.2) is 19.0 Å². The van der Waals surface area contributed by atoms with Gasteiger partial charge in [-0.2, -0.15) is 0 Å². The molecular formula is C10H18O2. The fourth-order valence-electron chi connectivity index (χ4n) is 1.57. The molecule has 0 unspecified atom stereocenters. The highest BCUT2D eigenvalue weighted by Gasteiger charge is 2.20. The second-order valence-corrected chi connectivity index (χ2v) is 3.46. The Kier molecular flexibility index (Phi) is 4.30. The predicted molar refractivity (Wildman–Crippen MR) is 48.1 cm³/mol. The summed E-state index contributed by atoms with van der Waals surface area (Å²) in [5.41, 5.74) is 0. The van der Waals surface area contributed by atoms with E-state index in [1.807, 2.05) is 0 Å². The van der Waals surface area contributed by atoms with Crippen LogP contribution >= 0.6 is 0 Å². The molecule has 1 heterocycles. The number of ketones is 1. The summed E-state index contributed by atoms with van der Waals surface area (Å²) in [6.07, 6.45) is 4.84. The van der Waals surface area contributed by atoms with Crippen molar-refractivity contribution in [2.45, 2.75) is 39.0 Å². The van der Waals surface area contributed by atoms with Crippen LogP contribution in [0.25, 0.3) is 0 Å². The molecule has 1 rings (SSSR count). The Morgan fingerprint density at radius 2 is 2.08 bits per heavy atom. The zero-order valence-corrected chi connectivity index (χ0v) is 7.84. The van der Waals surface area contributed by atoms with Gasteiger partial charge < -0.3 is 4.74 Å². The fraction of sp³-hybridized carbons (Fsp3) is 0.900. The van der Waals surface area contributed by atoms with E-state index in [4.69, 9.17) is 4.74 Å². The molecule has 2 heteroatoms. The molecule has 0 bridgehead atoms. The average Bonchev–Trinajstić information content (AvgIpc) is 2.15. The Labute approximate surface area is 74.3 Å². The van der Waals surface area contributed by atoms with E-state index in [-0.39, 0.29) is 0 Å². The second-order valence-electron chi connectivity index (χ2n) is 3.46. The third kappa shape index (κ3) is 2.94. The lowest BCUT2D eigenvalue weighted by Gasteiger charge is -2.20. The summed E-state index contributed by atoms with van der Waals surface area (Å²) < 4.78 is 5.20. The van der Waals surface area contributed by atoms with Crippen molar-refractivity contribution in [2.75, 3.05) is 13.2 Å². The lowest BCUT2D eigenvalue weighted by molar-refractivity contribution is -0.125. The number of rotatable bonds is 4. The quantitative estimate of drug-likeness (QED) is 0.646. The van der Waals surface area contributed by atoms with Crippen LogP contribution in [-0.2, 0) is 9.53 Å². The number of carbonyl (C=O) groups excluding carboxylic acids is 1. The van der Waals surface area contributed by atoms with Crippen LogP contribution in [0.5, 0.6) is 0 Å². The normalized spacial score (nSPS) is 19.4. The summed E-state index contributed by atoms with van der Waals surface area (Å²) in [7, 11) is 0. The van der Waals surface area contributed by atoms with Crippen molar-refractivity contribution in [1.29, 1.82) is 0 Å². The summed E-state index contributed by atoms with van der Waals surface area (Å²) in [4.78, 5) is 11.5. The molecule has 0 saturated carbocycles. The van der Waals surface area contributed by atoms with Crippen LogP contribution in [0.2, 0.25) is 0 Å². The highest BCUT2D eigenvalue weighted by atomic mass is 16.5. The van der Waals surface area contributed by atoms with E-state index in [0.29, 0.717) is 11.7 Å². The Morgan fingerprint density at radius 3 is 2.67 bits per heavy atom. The van der Waals surface area contributed by atoms with E-state index in [1.165, 1.54) is 0 Å². The minimum absolute atomic E-state index is 0.310. The number of hydrogen-bond acceptors (Lipinski definition) is 2. The molecular weight excluding hydrogens is 152 g/mol. The lowest BCUT2D eigenvalue weighted by atomic mass is 9.92. The molecule has 1 aliphatic rings. The molecule has 0 spiro atoms. The first-order valence-electron chi connectivity index (χ1n) is 4.95. The lowest BCUT2D eigenvalue weighted by Crippen LogP contribution is -2.23. The van der Waals surface area contributed by atoms with Crippen LogP contribution < -0.4 is 0 Å². The SMILES string of the molecule is CCCCC(=O)C1CCOCC1. The van der Waals surface area contributed by atoms with Gasteiger partial charge in [0, 0.05) is 25.6 Å². The maximum atomic E-state index is 11.5. The zero-order valence-electron chi connectivity index (χ0n) is 7.84. The van der Waals surface area contributed by atoms with Crippen LogP contribution in [0.15, 0.2) is 0 Å². The van der Waals surface area contributed by atoms with Crippen molar-refractivity contribution in [3.05, 3.63) is 0 Å². The molecule has 0 N–H and O–H groups in total. The van der Waals surface area contributed by atoms with Crippen LogP contribution in [0.3, 0.4) is 0 Å². The third-order valence-electron chi connectivity index (χ3n) is 2.45. The highest BCUT2D eigenvalue weighted by Crippen LogP contribution is 2.18. The molecule has 0 aromatic rings. The van der Waals surface area contributed by atoms with E-state index in [1.54, 1.807) is 0 Å². The average molecular weight is 170 g/mol. The predicted octanol–water partition coefficient (Wildman–Crippen LogP) is 2.17. The largest absolute Gasteiger partial charge is 0.381 e. The molecule has 0 atom stereocenters. The van der Waals surface area contributed by atoms with Gasteiger partial charge in [-0.3, -0.25) is 4.79 Å². The van der Waals surface area contributed by atoms with Crippen molar-refractivity contribution < 1.29 is 9.53 Å². The molecule has 70 valence electrons. The summed E-state index contributed by atoms with van der Waals surface area (Å²) >= 11 is 0. The van der Waals surface area contributed by atoms with Gasteiger partial charge >= 0.3 is 0 Å². The van der Waals surface area contributed by atoms with Crippen LogP contribution in [0.4, 0.5) is 0 Å². The molecule has 1 fully saturated rings. The number of hydrogen-bond donors (Lipinski definition) is 0. The molecule has 0 aromatic carbocycles. The Morgan fingerprint density at radius 1 is 1.42 bits per heavy atom. The summed E-state index contributed by atoms with van der Waals surface area (Å²) in [5.74, 6) is 0.769. The molecule has 0 radical (unpaired) electrons. The Hall–Kier alpha value is -0.370. The van der Waals surface area contributed by atoms with Gasteiger partial charge in [0.05, 0.1) is 0 Å². The van der Waals surface area contributed by atoms with Gasteiger partial charge in [0.1, 0.15) is 5.78 Å². The van der Waals surface area contributed by atoms with Crippen molar-refractivity contribution in [3.63, 3.8) is 0 Å².